The summed E-state index contributed by atoms with van der Waals surface area (Å²) in [6, 6.07) is 0. The third kappa shape index (κ3) is 4.11. The molecule has 0 aromatic heterocycles. The fraction of sp³-hybridized carbons (Fsp3) is 0.182. The van der Waals surface area contributed by atoms with Crippen LogP contribution in [0.3, 0.4) is 0 Å². The Labute approximate surface area is 80.1 Å². The van der Waals surface area contributed by atoms with Crippen molar-refractivity contribution >= 4 is 6.21 Å². The molecule has 0 spiro atoms. The zero-order valence-electron chi connectivity index (χ0n) is 8.25. The standard InChI is InChI=1S/C11H16N2/c1-5-8-9-11(13-7-3)10(6-2)12-4/h5-9,12H,1-2H2,3-4H3/b9-8-,11-10-,13-7-. The lowest BCUT2D eigenvalue weighted by atomic mass is 10.3. The first-order valence-corrected chi connectivity index (χ1v) is 4.12. The second-order valence-electron chi connectivity index (χ2n) is 2.24. The Kier molecular flexibility index (Phi) is 6.24. The lowest BCUT2D eigenvalue weighted by molar-refractivity contribution is 1.01. The van der Waals surface area contributed by atoms with Crippen molar-refractivity contribution in [3.8, 4) is 0 Å². The van der Waals surface area contributed by atoms with Gasteiger partial charge in [0.2, 0.25) is 0 Å². The maximum atomic E-state index is 4.19. The van der Waals surface area contributed by atoms with Gasteiger partial charge in [-0.15, -0.1) is 0 Å². The van der Waals surface area contributed by atoms with Crippen molar-refractivity contribution in [2.75, 3.05) is 7.05 Å². The topological polar surface area (TPSA) is 24.4 Å². The molecule has 13 heavy (non-hydrogen) atoms. The van der Waals surface area contributed by atoms with Gasteiger partial charge in [-0.2, -0.15) is 0 Å². The maximum Gasteiger partial charge on any atom is 0.0856 e. The van der Waals surface area contributed by atoms with Crippen molar-refractivity contribution in [2.45, 2.75) is 6.92 Å². The molecule has 0 aliphatic carbocycles. The Morgan fingerprint density at radius 3 is 2.46 bits per heavy atom. The SMILES string of the molecule is C=C\C=C/C(/N=C\C)=C(\C=C)NC. The number of nitrogens with zero attached hydrogens (tertiary/aromatic N) is 1. The van der Waals surface area contributed by atoms with Gasteiger partial charge in [0.25, 0.3) is 0 Å². The summed E-state index contributed by atoms with van der Waals surface area (Å²) in [5.41, 5.74) is 1.75. The van der Waals surface area contributed by atoms with Crippen LogP contribution in [0, 0.1) is 0 Å². The van der Waals surface area contributed by atoms with Crippen LogP contribution in [0.5, 0.6) is 0 Å². The van der Waals surface area contributed by atoms with E-state index in [0.717, 1.165) is 11.4 Å². The molecule has 0 aliphatic rings. The van der Waals surface area contributed by atoms with Gasteiger partial charge in [0.15, 0.2) is 0 Å². The highest BCUT2D eigenvalue weighted by molar-refractivity contribution is 5.57. The van der Waals surface area contributed by atoms with Crippen LogP contribution in [0.2, 0.25) is 0 Å². The molecule has 70 valence electrons. The molecule has 0 rings (SSSR count). The molecular weight excluding hydrogens is 160 g/mol. The van der Waals surface area contributed by atoms with E-state index in [-0.39, 0.29) is 0 Å². The minimum absolute atomic E-state index is 0.847. The van der Waals surface area contributed by atoms with Crippen LogP contribution in [-0.4, -0.2) is 13.3 Å². The second-order valence-corrected chi connectivity index (χ2v) is 2.24. The van der Waals surface area contributed by atoms with Crippen LogP contribution in [0.4, 0.5) is 0 Å². The van der Waals surface area contributed by atoms with Gasteiger partial charge in [0.05, 0.1) is 11.4 Å². The normalized spacial score (nSPS) is 13.1. The van der Waals surface area contributed by atoms with Gasteiger partial charge in [-0.1, -0.05) is 25.3 Å². The Bertz CT molecular complexity index is 257. The molecule has 0 radical (unpaired) electrons. The number of likely N-dealkylation sites (N-methyl/N-ethyl adjacent to an activating group) is 1. The highest BCUT2D eigenvalue weighted by Gasteiger charge is 1.94. The molecule has 2 heteroatoms. The van der Waals surface area contributed by atoms with E-state index in [1.165, 1.54) is 0 Å². The van der Waals surface area contributed by atoms with Gasteiger partial charge >= 0.3 is 0 Å². The van der Waals surface area contributed by atoms with E-state index in [4.69, 9.17) is 0 Å². The number of hydrogen-bond donors (Lipinski definition) is 1. The average Bonchev–Trinajstić information content (AvgIpc) is 2.16. The van der Waals surface area contributed by atoms with Crippen molar-refractivity contribution in [3.63, 3.8) is 0 Å². The summed E-state index contributed by atoms with van der Waals surface area (Å²) < 4.78 is 0. The molecule has 2 nitrogen and oxygen atoms in total. The summed E-state index contributed by atoms with van der Waals surface area (Å²) in [5.74, 6) is 0. The first-order valence-electron chi connectivity index (χ1n) is 4.12. The molecule has 0 bridgehead atoms. The van der Waals surface area contributed by atoms with Gasteiger partial charge in [-0.05, 0) is 19.1 Å². The van der Waals surface area contributed by atoms with Gasteiger partial charge < -0.3 is 5.32 Å². The molecular formula is C11H16N2. The van der Waals surface area contributed by atoms with Gasteiger partial charge in [-0.3, -0.25) is 4.99 Å². The molecule has 0 amide bonds. The number of hydrogen-bond acceptors (Lipinski definition) is 2. The average molecular weight is 176 g/mol. The zero-order valence-corrected chi connectivity index (χ0v) is 8.25. The molecule has 0 saturated carbocycles. The summed E-state index contributed by atoms with van der Waals surface area (Å²) in [6.45, 7) is 9.16. The van der Waals surface area contributed by atoms with Crippen molar-refractivity contribution < 1.29 is 0 Å². The number of nitrogens with one attached hydrogen (secondary N) is 1. The molecule has 0 aliphatic heterocycles. The van der Waals surface area contributed by atoms with E-state index in [9.17, 15) is 0 Å². The zero-order chi connectivity index (χ0) is 10.1. The van der Waals surface area contributed by atoms with E-state index in [1.807, 2.05) is 26.1 Å². The van der Waals surface area contributed by atoms with Crippen molar-refractivity contribution in [1.82, 2.24) is 5.32 Å². The van der Waals surface area contributed by atoms with Crippen molar-refractivity contribution in [3.05, 3.63) is 48.9 Å². The predicted octanol–water partition coefficient (Wildman–Crippen LogP) is 2.44. The van der Waals surface area contributed by atoms with Gasteiger partial charge in [-0.25, -0.2) is 0 Å². The second kappa shape index (κ2) is 7.10. The quantitative estimate of drug-likeness (QED) is 0.505. The Morgan fingerprint density at radius 2 is 2.08 bits per heavy atom. The van der Waals surface area contributed by atoms with E-state index < -0.39 is 0 Å². The molecule has 0 unspecified atom stereocenters. The largest absolute Gasteiger partial charge is 0.386 e. The molecule has 0 fully saturated rings. The van der Waals surface area contributed by atoms with Crippen LogP contribution in [0.15, 0.2) is 53.8 Å². The summed E-state index contributed by atoms with van der Waals surface area (Å²) in [5, 5.41) is 3.01. The van der Waals surface area contributed by atoms with E-state index in [0.29, 0.717) is 0 Å². The smallest absolute Gasteiger partial charge is 0.0856 e. The number of allylic oxidation sites excluding steroid dienone is 4. The van der Waals surface area contributed by atoms with Crippen molar-refractivity contribution in [2.24, 2.45) is 4.99 Å². The minimum atomic E-state index is 0.847. The predicted molar refractivity (Wildman–Crippen MR) is 59.8 cm³/mol. The Balaban J connectivity index is 4.94. The molecule has 0 saturated heterocycles. The minimum Gasteiger partial charge on any atom is -0.386 e. The van der Waals surface area contributed by atoms with Crippen LogP contribution < -0.4 is 5.32 Å². The monoisotopic (exact) mass is 176 g/mol. The van der Waals surface area contributed by atoms with E-state index >= 15 is 0 Å². The lowest BCUT2D eigenvalue weighted by Gasteiger charge is -2.02. The Hall–Kier alpha value is -1.57. The van der Waals surface area contributed by atoms with E-state index in [2.05, 4.69) is 23.5 Å². The van der Waals surface area contributed by atoms with Crippen LogP contribution in [0.1, 0.15) is 6.92 Å². The van der Waals surface area contributed by atoms with Crippen LogP contribution >= 0.6 is 0 Å². The summed E-state index contributed by atoms with van der Waals surface area (Å²) in [7, 11) is 1.84. The lowest BCUT2D eigenvalue weighted by Crippen LogP contribution is -2.05. The third-order valence-electron chi connectivity index (χ3n) is 1.41. The first kappa shape index (κ1) is 11.4. The molecule has 0 heterocycles. The Morgan fingerprint density at radius 1 is 1.38 bits per heavy atom. The summed E-state index contributed by atoms with van der Waals surface area (Å²) >= 11 is 0. The molecule has 0 atom stereocenters. The van der Waals surface area contributed by atoms with Gasteiger partial charge in [0, 0.05) is 13.3 Å². The third-order valence-corrected chi connectivity index (χ3v) is 1.41. The van der Waals surface area contributed by atoms with Crippen LogP contribution in [0.25, 0.3) is 0 Å². The molecule has 0 aromatic rings. The molecule has 1 N–H and O–H groups in total. The summed E-state index contributed by atoms with van der Waals surface area (Å²) in [6.07, 6.45) is 8.89. The summed E-state index contributed by atoms with van der Waals surface area (Å²) in [4.78, 5) is 4.19. The first-order chi connectivity index (χ1) is 6.29. The maximum absolute atomic E-state index is 4.19. The van der Waals surface area contributed by atoms with Gasteiger partial charge in [0.1, 0.15) is 0 Å². The highest BCUT2D eigenvalue weighted by atomic mass is 14.9. The number of rotatable bonds is 5. The van der Waals surface area contributed by atoms with Crippen molar-refractivity contribution in [1.29, 1.82) is 0 Å². The highest BCUT2D eigenvalue weighted by Crippen LogP contribution is 2.05. The van der Waals surface area contributed by atoms with Crippen LogP contribution in [-0.2, 0) is 0 Å². The molecule has 0 aromatic carbocycles. The fourth-order valence-corrected chi connectivity index (χ4v) is 0.835. The van der Waals surface area contributed by atoms with E-state index in [1.54, 1.807) is 18.4 Å². The fourth-order valence-electron chi connectivity index (χ4n) is 0.835. The number of aliphatic imine (C=N–C) groups is 1.